The van der Waals surface area contributed by atoms with Gasteiger partial charge in [-0.1, -0.05) is 37.6 Å². The molecule has 1 saturated heterocycles. The summed E-state index contributed by atoms with van der Waals surface area (Å²) in [5.41, 5.74) is 2.45. The van der Waals surface area contributed by atoms with Gasteiger partial charge >= 0.3 is 0 Å². The Balaban J connectivity index is 1.78. The molecule has 0 aliphatic carbocycles. The van der Waals surface area contributed by atoms with E-state index in [-0.39, 0.29) is 22.6 Å². The number of amides is 1. The Kier molecular flexibility index (Phi) is 6.62. The number of rotatable bonds is 7. The first kappa shape index (κ1) is 20.3. The Labute approximate surface area is 165 Å². The quantitative estimate of drug-likeness (QED) is 0.798. The molecule has 6 heteroatoms. The van der Waals surface area contributed by atoms with Crippen LogP contribution in [0.2, 0.25) is 0 Å². The van der Waals surface area contributed by atoms with E-state index in [2.05, 4.69) is 36.4 Å². The first-order valence-electron chi connectivity index (χ1n) is 10.1. The predicted molar refractivity (Wildman–Crippen MR) is 109 cm³/mol. The number of hydrogen-bond donors (Lipinski definition) is 1. The summed E-state index contributed by atoms with van der Waals surface area (Å²) in [6.07, 6.45) is 3.54. The number of unbranched alkanes of at least 4 members (excludes halogenated alkanes) is 1. The molecule has 150 valence electrons. The van der Waals surface area contributed by atoms with Crippen LogP contribution >= 0.6 is 0 Å². The fraction of sp³-hybridized carbons (Fsp3) is 0.500. The van der Waals surface area contributed by atoms with Crippen molar-refractivity contribution in [3.63, 3.8) is 0 Å². The molecule has 6 nitrogen and oxygen atoms in total. The number of benzene rings is 1. The van der Waals surface area contributed by atoms with Crippen molar-refractivity contribution >= 4 is 5.91 Å². The van der Waals surface area contributed by atoms with E-state index in [4.69, 9.17) is 4.74 Å². The lowest BCUT2D eigenvalue weighted by Gasteiger charge is -2.39. The maximum absolute atomic E-state index is 12.8. The molecule has 1 aromatic heterocycles. The molecule has 2 heterocycles. The Hall–Kier alpha value is -2.47. The molecule has 1 aliphatic rings. The molecule has 0 radical (unpaired) electrons. The lowest BCUT2D eigenvalue weighted by molar-refractivity contribution is 0.0484. The predicted octanol–water partition coefficient (Wildman–Crippen LogP) is 2.83. The molecule has 0 saturated carbocycles. The van der Waals surface area contributed by atoms with Crippen molar-refractivity contribution in [3.05, 3.63) is 63.6 Å². The van der Waals surface area contributed by atoms with E-state index in [0.717, 1.165) is 25.7 Å². The molecule has 1 N–H and O–H groups in total. The van der Waals surface area contributed by atoms with Gasteiger partial charge in [0, 0.05) is 37.8 Å². The fourth-order valence-electron chi connectivity index (χ4n) is 3.85. The minimum absolute atomic E-state index is 0.143. The molecular weight excluding hydrogens is 354 g/mol. The second-order valence-electron chi connectivity index (χ2n) is 7.52. The number of nitrogens with one attached hydrogen (secondary N) is 1. The van der Waals surface area contributed by atoms with E-state index in [1.165, 1.54) is 27.9 Å². The number of ether oxygens (including phenoxy) is 1. The van der Waals surface area contributed by atoms with Crippen LogP contribution in [0.4, 0.5) is 0 Å². The Morgan fingerprint density at radius 2 is 1.96 bits per heavy atom. The largest absolute Gasteiger partial charge is 0.381 e. The van der Waals surface area contributed by atoms with Gasteiger partial charge < -0.3 is 10.1 Å². The Morgan fingerprint density at radius 1 is 1.21 bits per heavy atom. The van der Waals surface area contributed by atoms with Crippen LogP contribution in [-0.4, -0.2) is 35.4 Å². The van der Waals surface area contributed by atoms with Gasteiger partial charge in [-0.3, -0.25) is 9.59 Å². The minimum Gasteiger partial charge on any atom is -0.381 e. The van der Waals surface area contributed by atoms with Crippen LogP contribution in [0, 0.1) is 6.92 Å². The summed E-state index contributed by atoms with van der Waals surface area (Å²) in [5.74, 6) is -0.246. The molecule has 1 aromatic carbocycles. The molecular formula is C22H29N3O3. The normalized spacial score (nSPS) is 15.9. The Morgan fingerprint density at radius 3 is 2.68 bits per heavy atom. The zero-order valence-corrected chi connectivity index (χ0v) is 16.7. The second-order valence-corrected chi connectivity index (χ2v) is 7.52. The van der Waals surface area contributed by atoms with E-state index < -0.39 is 0 Å². The van der Waals surface area contributed by atoms with Crippen molar-refractivity contribution in [1.82, 2.24) is 15.1 Å². The highest BCUT2D eigenvalue weighted by Gasteiger charge is 2.36. The number of aryl methyl sites for hydroxylation is 2. The van der Waals surface area contributed by atoms with Crippen LogP contribution < -0.4 is 10.9 Å². The highest BCUT2D eigenvalue weighted by Crippen LogP contribution is 2.36. The third-order valence-corrected chi connectivity index (χ3v) is 5.58. The van der Waals surface area contributed by atoms with Gasteiger partial charge in [-0.15, -0.1) is 0 Å². The van der Waals surface area contributed by atoms with Crippen LogP contribution in [0.1, 0.15) is 54.2 Å². The summed E-state index contributed by atoms with van der Waals surface area (Å²) in [7, 11) is 0. The van der Waals surface area contributed by atoms with Crippen molar-refractivity contribution in [2.75, 3.05) is 19.8 Å². The van der Waals surface area contributed by atoms with Crippen LogP contribution in [-0.2, 0) is 16.7 Å². The highest BCUT2D eigenvalue weighted by atomic mass is 16.5. The van der Waals surface area contributed by atoms with Gasteiger partial charge in [0.15, 0.2) is 0 Å². The average Bonchev–Trinajstić information content (AvgIpc) is 2.72. The molecule has 0 bridgehead atoms. The zero-order chi connectivity index (χ0) is 20.0. The second kappa shape index (κ2) is 9.15. The van der Waals surface area contributed by atoms with Crippen molar-refractivity contribution in [1.29, 1.82) is 0 Å². The van der Waals surface area contributed by atoms with E-state index in [1.807, 2.05) is 12.1 Å². The SMILES string of the molecule is CCCCn1nc(C(=O)NCC2(c3ccccc3C)CCOCC2)ccc1=O. The number of aromatic nitrogens is 2. The summed E-state index contributed by atoms with van der Waals surface area (Å²) >= 11 is 0. The zero-order valence-electron chi connectivity index (χ0n) is 16.7. The number of carbonyl (C=O) groups is 1. The summed E-state index contributed by atoms with van der Waals surface area (Å²) < 4.78 is 6.96. The molecule has 3 rings (SSSR count). The molecule has 2 aromatic rings. The fourth-order valence-corrected chi connectivity index (χ4v) is 3.85. The van der Waals surface area contributed by atoms with Gasteiger partial charge in [-0.05, 0) is 43.4 Å². The van der Waals surface area contributed by atoms with Crippen LogP contribution in [0.25, 0.3) is 0 Å². The monoisotopic (exact) mass is 383 g/mol. The lowest BCUT2D eigenvalue weighted by atomic mass is 9.72. The topological polar surface area (TPSA) is 73.2 Å². The van der Waals surface area contributed by atoms with Crippen LogP contribution in [0.5, 0.6) is 0 Å². The van der Waals surface area contributed by atoms with Crippen molar-refractivity contribution in [2.45, 2.75) is 51.5 Å². The number of hydrogen-bond acceptors (Lipinski definition) is 4. The number of carbonyl (C=O) groups excluding carboxylic acids is 1. The van der Waals surface area contributed by atoms with Crippen molar-refractivity contribution in [3.8, 4) is 0 Å². The van der Waals surface area contributed by atoms with Gasteiger partial charge in [0.2, 0.25) is 0 Å². The summed E-state index contributed by atoms with van der Waals surface area (Å²) in [6, 6.07) is 11.3. The van der Waals surface area contributed by atoms with Crippen LogP contribution in [0.3, 0.4) is 0 Å². The molecule has 0 spiro atoms. The Bertz CT molecular complexity index is 869. The molecule has 1 amide bonds. The van der Waals surface area contributed by atoms with Gasteiger partial charge in [0.25, 0.3) is 11.5 Å². The van der Waals surface area contributed by atoms with E-state index in [1.54, 1.807) is 0 Å². The maximum atomic E-state index is 12.8. The molecule has 1 aliphatic heterocycles. The average molecular weight is 383 g/mol. The van der Waals surface area contributed by atoms with Gasteiger partial charge in [-0.25, -0.2) is 4.68 Å². The van der Waals surface area contributed by atoms with E-state index >= 15 is 0 Å². The van der Waals surface area contributed by atoms with Gasteiger partial charge in [0.05, 0.1) is 0 Å². The number of nitrogens with zero attached hydrogens (tertiary/aromatic N) is 2. The minimum atomic E-state index is -0.246. The highest BCUT2D eigenvalue weighted by molar-refractivity contribution is 5.92. The van der Waals surface area contributed by atoms with Crippen molar-refractivity contribution < 1.29 is 9.53 Å². The van der Waals surface area contributed by atoms with Gasteiger partial charge in [0.1, 0.15) is 5.69 Å². The van der Waals surface area contributed by atoms with Crippen LogP contribution in [0.15, 0.2) is 41.2 Å². The molecule has 28 heavy (non-hydrogen) atoms. The third-order valence-electron chi connectivity index (χ3n) is 5.58. The summed E-state index contributed by atoms with van der Waals surface area (Å²) in [4.78, 5) is 24.7. The van der Waals surface area contributed by atoms with E-state index in [9.17, 15) is 9.59 Å². The van der Waals surface area contributed by atoms with Gasteiger partial charge in [-0.2, -0.15) is 5.10 Å². The first-order valence-corrected chi connectivity index (χ1v) is 10.1. The molecule has 0 atom stereocenters. The molecule has 1 fully saturated rings. The summed E-state index contributed by atoms with van der Waals surface area (Å²) in [5, 5.41) is 7.32. The third kappa shape index (κ3) is 4.50. The maximum Gasteiger partial charge on any atom is 0.271 e. The van der Waals surface area contributed by atoms with Crippen molar-refractivity contribution in [2.24, 2.45) is 0 Å². The summed E-state index contributed by atoms with van der Waals surface area (Å²) in [6.45, 7) is 6.59. The first-order chi connectivity index (χ1) is 13.6. The van der Waals surface area contributed by atoms with E-state index in [0.29, 0.717) is 26.3 Å². The lowest BCUT2D eigenvalue weighted by Crippen LogP contribution is -2.45. The smallest absolute Gasteiger partial charge is 0.271 e. The molecule has 0 unspecified atom stereocenters. The standard InChI is InChI=1S/C22H29N3O3/c1-3-4-13-25-20(26)10-9-19(24-25)21(27)23-16-22(11-14-28-15-12-22)18-8-6-5-7-17(18)2/h5-10H,3-4,11-16H2,1-2H3,(H,23,27).